The molecule has 7 heterocycles. The van der Waals surface area contributed by atoms with E-state index in [1.54, 1.807) is 18.6 Å². The molecule has 0 unspecified atom stereocenters. The predicted octanol–water partition coefficient (Wildman–Crippen LogP) is 6.57. The van der Waals surface area contributed by atoms with Crippen molar-refractivity contribution in [1.82, 2.24) is 39.2 Å². The van der Waals surface area contributed by atoms with Crippen molar-refractivity contribution in [2.75, 3.05) is 40.6 Å². The summed E-state index contributed by atoms with van der Waals surface area (Å²) in [6.07, 6.45) is 9.11. The number of piperidine rings is 1. The quantitative estimate of drug-likeness (QED) is 0.124. The van der Waals surface area contributed by atoms with E-state index in [1.807, 2.05) is 45.7 Å². The molecule has 1 aliphatic heterocycles. The number of hydrogen-bond donors (Lipinski definition) is 3. The summed E-state index contributed by atoms with van der Waals surface area (Å²) in [6, 6.07) is 12.4. The first kappa shape index (κ1) is 35.7. The molecule has 0 spiro atoms. The fourth-order valence-electron chi connectivity index (χ4n) is 8.04. The Morgan fingerprint density at radius 3 is 2.23 bits per heavy atom. The van der Waals surface area contributed by atoms with Gasteiger partial charge in [-0.3, -0.25) is 9.97 Å². The maximum atomic E-state index is 10.4. The minimum atomic E-state index is -0.322. The highest BCUT2D eigenvalue weighted by molar-refractivity contribution is 9.11. The lowest BCUT2D eigenvalue weighted by molar-refractivity contribution is 0.241. The predicted molar refractivity (Wildman–Crippen MR) is 214 cm³/mol. The molecule has 8 rings (SSSR count). The second-order valence-corrected chi connectivity index (χ2v) is 17.1. The van der Waals surface area contributed by atoms with Crippen LogP contribution in [0.5, 0.6) is 0 Å². The molecule has 15 heteroatoms. The van der Waals surface area contributed by atoms with Crippen molar-refractivity contribution in [2.24, 2.45) is 17.3 Å². The van der Waals surface area contributed by atoms with Crippen molar-refractivity contribution in [3.8, 4) is 0 Å². The minimum Gasteiger partial charge on any atom is -0.394 e. The normalized spacial score (nSPS) is 19.8. The highest BCUT2D eigenvalue weighted by atomic mass is 79.9. The van der Waals surface area contributed by atoms with Crippen LogP contribution in [0.1, 0.15) is 51.4 Å². The van der Waals surface area contributed by atoms with Crippen LogP contribution in [-0.2, 0) is 18.5 Å². The smallest absolute Gasteiger partial charge is 0.173 e. The maximum Gasteiger partial charge on any atom is 0.173 e. The first-order valence-electron chi connectivity index (χ1n) is 17.9. The van der Waals surface area contributed by atoms with Gasteiger partial charge in [0.25, 0.3) is 0 Å². The van der Waals surface area contributed by atoms with Crippen LogP contribution in [0.15, 0.2) is 76.3 Å². The van der Waals surface area contributed by atoms with E-state index < -0.39 is 0 Å². The van der Waals surface area contributed by atoms with Gasteiger partial charge in [0.1, 0.15) is 23.3 Å². The van der Waals surface area contributed by atoms with Gasteiger partial charge >= 0.3 is 0 Å². The largest absolute Gasteiger partial charge is 0.394 e. The molecule has 2 fully saturated rings. The summed E-state index contributed by atoms with van der Waals surface area (Å²) >= 11 is 7.27. The Bertz CT molecular complexity index is 2270. The number of aliphatic hydroxyl groups excluding tert-OH is 1. The van der Waals surface area contributed by atoms with Crippen molar-refractivity contribution >= 4 is 66.4 Å². The summed E-state index contributed by atoms with van der Waals surface area (Å²) < 4.78 is 5.28. The average molecular weight is 845 g/mol. The molecule has 276 valence electrons. The highest BCUT2D eigenvalue weighted by Crippen LogP contribution is 2.65. The van der Waals surface area contributed by atoms with E-state index in [-0.39, 0.29) is 29.5 Å². The van der Waals surface area contributed by atoms with Crippen molar-refractivity contribution in [2.45, 2.75) is 65.2 Å². The van der Waals surface area contributed by atoms with Gasteiger partial charge < -0.3 is 25.5 Å². The highest BCUT2D eigenvalue weighted by Gasteiger charge is 2.66. The lowest BCUT2D eigenvalue weighted by Crippen LogP contribution is -2.44. The van der Waals surface area contributed by atoms with Crippen LogP contribution in [0.4, 0.5) is 23.3 Å². The van der Waals surface area contributed by atoms with E-state index in [1.165, 1.54) is 0 Å². The zero-order chi connectivity index (χ0) is 37.2. The molecular weight excluding hydrogens is 800 g/mol. The Kier molecular flexibility index (Phi) is 9.09. The van der Waals surface area contributed by atoms with E-state index in [2.05, 4.69) is 121 Å². The van der Waals surface area contributed by atoms with Gasteiger partial charge in [0.15, 0.2) is 11.3 Å². The summed E-state index contributed by atoms with van der Waals surface area (Å²) in [5, 5.41) is 26.6. The van der Waals surface area contributed by atoms with Gasteiger partial charge in [-0.2, -0.15) is 19.2 Å². The van der Waals surface area contributed by atoms with Gasteiger partial charge in [-0.1, -0.05) is 39.8 Å². The van der Waals surface area contributed by atoms with Crippen LogP contribution in [0, 0.1) is 17.3 Å². The number of likely N-dealkylation sites (N-methyl/N-ethyl adjacent to an activating group) is 1. The number of hydrogen-bond acceptors (Lipinski definition) is 11. The van der Waals surface area contributed by atoms with Gasteiger partial charge in [0.05, 0.1) is 34.0 Å². The standard InChI is InChI=1S/C38H44Br2N12O/c1-22(49(6)32-12-30(43-16-23-8-7-11-41-14-23)51-35(47-32)26(39)18-45-51)37(2,3)29-10-9-24(15-42-29)17-44-31-13-33(48-36-27(40)19-46-52(31)36)50-20-25-34(28(50)21-53)38(25,4)5/h7-15,18-19,22,25,28,34,43-44,53H,16-17,20-21H2,1-6H3/t22-,25-,28+,34-/m0/s1. The third kappa shape index (κ3) is 6.29. The number of halogens is 2. The SMILES string of the molecule is C[C@H](N(C)c1cc(NCc2cccnc2)n2ncc(Br)c2n1)C(C)(C)c1ccc(CNc2cc(N3C[C@H]4[C@@H]([C@H]3CO)C4(C)C)nc3c(Br)cnn23)cn1. The summed E-state index contributed by atoms with van der Waals surface area (Å²) in [5.41, 5.74) is 4.51. The molecule has 1 aliphatic carbocycles. The van der Waals surface area contributed by atoms with Gasteiger partial charge in [-0.25, -0.2) is 9.97 Å². The van der Waals surface area contributed by atoms with Crippen LogP contribution in [0.2, 0.25) is 0 Å². The Hall–Kier alpha value is -4.34. The van der Waals surface area contributed by atoms with Gasteiger partial charge in [-0.15, -0.1) is 0 Å². The monoisotopic (exact) mass is 842 g/mol. The second kappa shape index (κ2) is 13.5. The number of nitrogens with zero attached hydrogens (tertiary/aromatic N) is 10. The van der Waals surface area contributed by atoms with Crippen LogP contribution in [-0.4, -0.2) is 76.6 Å². The van der Waals surface area contributed by atoms with E-state index in [0.29, 0.717) is 24.9 Å². The number of anilines is 4. The van der Waals surface area contributed by atoms with Gasteiger partial charge in [0, 0.05) is 74.6 Å². The first-order valence-corrected chi connectivity index (χ1v) is 19.5. The molecule has 6 aromatic heterocycles. The fraction of sp³-hybridized carbons (Fsp3) is 0.421. The molecule has 0 bridgehead atoms. The minimum absolute atomic E-state index is 0.0357. The summed E-state index contributed by atoms with van der Waals surface area (Å²) in [4.78, 5) is 23.6. The van der Waals surface area contributed by atoms with Gasteiger partial charge in [-0.05, 0) is 79.3 Å². The molecule has 0 radical (unpaired) electrons. The lowest BCUT2D eigenvalue weighted by Gasteiger charge is -2.38. The lowest BCUT2D eigenvalue weighted by atomic mass is 9.80. The molecule has 6 aromatic rings. The summed E-state index contributed by atoms with van der Waals surface area (Å²) in [5.74, 6) is 4.37. The van der Waals surface area contributed by atoms with E-state index >= 15 is 0 Å². The Balaban J connectivity index is 0.985. The third-order valence-corrected chi connectivity index (χ3v) is 12.9. The summed E-state index contributed by atoms with van der Waals surface area (Å²) in [7, 11) is 2.07. The summed E-state index contributed by atoms with van der Waals surface area (Å²) in [6.45, 7) is 13.4. The number of rotatable bonds is 12. The number of fused-ring (bicyclic) bond motifs is 3. The average Bonchev–Trinajstić information content (AvgIpc) is 3.61. The van der Waals surface area contributed by atoms with Crippen LogP contribution in [0.3, 0.4) is 0 Å². The Morgan fingerprint density at radius 2 is 1.60 bits per heavy atom. The van der Waals surface area contributed by atoms with Crippen LogP contribution >= 0.6 is 31.9 Å². The Labute approximate surface area is 325 Å². The topological polar surface area (TPSA) is 137 Å². The molecule has 0 amide bonds. The van der Waals surface area contributed by atoms with Gasteiger partial charge in [0.2, 0.25) is 0 Å². The molecule has 1 saturated heterocycles. The molecule has 4 atom stereocenters. The number of nitrogens with one attached hydrogen (secondary N) is 2. The molecule has 1 saturated carbocycles. The van der Waals surface area contributed by atoms with Crippen molar-refractivity contribution in [3.63, 3.8) is 0 Å². The molecule has 13 nitrogen and oxygen atoms in total. The second-order valence-electron chi connectivity index (χ2n) is 15.4. The fourth-order valence-corrected chi connectivity index (χ4v) is 8.73. The number of aliphatic hydroxyl groups is 1. The molecular formula is C38H44Br2N12O. The molecule has 53 heavy (non-hydrogen) atoms. The molecule has 3 N–H and O–H groups in total. The third-order valence-electron chi connectivity index (χ3n) is 11.8. The van der Waals surface area contributed by atoms with E-state index in [0.717, 1.165) is 66.9 Å². The molecule has 2 aliphatic rings. The number of pyridine rings is 2. The number of aromatic nitrogens is 8. The zero-order valence-electron chi connectivity index (χ0n) is 30.7. The van der Waals surface area contributed by atoms with E-state index in [9.17, 15) is 5.11 Å². The Morgan fingerprint density at radius 1 is 0.943 bits per heavy atom. The first-order chi connectivity index (χ1) is 25.4. The maximum absolute atomic E-state index is 10.4. The van der Waals surface area contributed by atoms with Crippen LogP contribution in [0.25, 0.3) is 11.3 Å². The van der Waals surface area contributed by atoms with Crippen molar-refractivity contribution < 1.29 is 5.11 Å². The molecule has 0 aromatic carbocycles. The van der Waals surface area contributed by atoms with Crippen molar-refractivity contribution in [3.05, 3.63) is 93.1 Å². The van der Waals surface area contributed by atoms with Crippen molar-refractivity contribution in [1.29, 1.82) is 0 Å². The van der Waals surface area contributed by atoms with E-state index in [4.69, 9.17) is 15.0 Å². The van der Waals surface area contributed by atoms with Crippen LogP contribution < -0.4 is 20.4 Å². The zero-order valence-corrected chi connectivity index (χ0v) is 33.8.